The maximum atomic E-state index is 6.49. The lowest BCUT2D eigenvalue weighted by molar-refractivity contribution is 0.669. The number of rotatable bonds is 6. The van der Waals surface area contributed by atoms with Crippen molar-refractivity contribution in [3.63, 3.8) is 0 Å². The highest BCUT2D eigenvalue weighted by Gasteiger charge is 2.33. The van der Waals surface area contributed by atoms with Crippen LogP contribution < -0.4 is 16.4 Å². The van der Waals surface area contributed by atoms with Crippen LogP contribution in [0.1, 0.15) is 33.4 Å². The summed E-state index contributed by atoms with van der Waals surface area (Å²) in [4.78, 5) is 0. The van der Waals surface area contributed by atoms with E-state index in [9.17, 15) is 0 Å². The molecule has 0 aliphatic heterocycles. The first-order valence-electron chi connectivity index (χ1n) is 29.5. The zero-order chi connectivity index (χ0) is 56.7. The number of aryl methyl sites for hydroxylation is 6. The molecule has 6 nitrogen and oxygen atoms in total. The van der Waals surface area contributed by atoms with E-state index in [1.807, 2.05) is 18.2 Å². The molecule has 85 heavy (non-hydrogen) atoms. The molecular formula is C78H54BN3O3. The van der Waals surface area contributed by atoms with E-state index in [4.69, 9.17) is 13.3 Å². The van der Waals surface area contributed by atoms with Crippen LogP contribution in [0.25, 0.3) is 148 Å². The lowest BCUT2D eigenvalue weighted by atomic mass is 9.33. The van der Waals surface area contributed by atoms with Gasteiger partial charge in [-0.05, 0) is 151 Å². The van der Waals surface area contributed by atoms with Gasteiger partial charge >= 0.3 is 0 Å². The van der Waals surface area contributed by atoms with Gasteiger partial charge < -0.3 is 27.0 Å². The molecule has 0 aliphatic carbocycles. The number of hydrogen-bond acceptors (Lipinski definition) is 3. The zero-order valence-electron chi connectivity index (χ0n) is 47.9. The highest BCUT2D eigenvalue weighted by molar-refractivity contribution is 6.97. The molecule has 6 heterocycles. The second-order valence-corrected chi connectivity index (χ2v) is 23.9. The quantitative estimate of drug-likeness (QED) is 0.156. The molecule has 7 heteroatoms. The van der Waals surface area contributed by atoms with E-state index in [-0.39, 0.29) is 6.71 Å². The molecule has 0 atom stereocenters. The van der Waals surface area contributed by atoms with Crippen LogP contribution in [0.4, 0.5) is 0 Å². The summed E-state index contributed by atoms with van der Waals surface area (Å²) in [5.41, 5.74) is 27.2. The van der Waals surface area contributed by atoms with Crippen LogP contribution in [0, 0.1) is 41.5 Å². The first-order valence-corrected chi connectivity index (χ1v) is 29.5. The average Bonchev–Trinajstić information content (AvgIpc) is 2.57. The number of benzene rings is 12. The maximum absolute atomic E-state index is 6.49. The van der Waals surface area contributed by atoms with Crippen molar-refractivity contribution in [2.45, 2.75) is 41.5 Å². The van der Waals surface area contributed by atoms with Crippen LogP contribution in [0.3, 0.4) is 0 Å². The normalized spacial score (nSPS) is 12.4. The van der Waals surface area contributed by atoms with Gasteiger partial charge in [0.15, 0.2) is 0 Å². The summed E-state index contributed by atoms with van der Waals surface area (Å²) < 4.78 is 26.9. The van der Waals surface area contributed by atoms with Crippen LogP contribution in [-0.2, 0) is 0 Å². The van der Waals surface area contributed by atoms with E-state index in [0.29, 0.717) is 0 Å². The standard InChI is InChI=1S/C78H54BN3O3/c1-43-31-49(80-64-25-13-7-19-52(64)58-40-73-61(37-67(58)80)55-22-10-16-28-70(55)83-73)32-44(2)76(43)79(77-45(3)33-50(34-46(77)4)81-65-26-14-8-20-53(65)59-41-74-62(38-68(59)81)56-23-11-17-29-71(56)84-74)78-47(5)35-51(36-48(78)6)82-66-27-15-9-21-54(66)60-42-75-63(39-69(60)82)57-24-12-18-30-72(57)85-75/h7-42H,1-6H3. The van der Waals surface area contributed by atoms with Crippen molar-refractivity contribution in [2.75, 3.05) is 0 Å². The number of para-hydroxylation sites is 6. The smallest absolute Gasteiger partial charge is 0.243 e. The molecule has 0 radical (unpaired) electrons. The monoisotopic (exact) mass is 1090 g/mol. The fourth-order valence-electron chi connectivity index (χ4n) is 15.4. The summed E-state index contributed by atoms with van der Waals surface area (Å²) in [5, 5.41) is 13.9. The van der Waals surface area contributed by atoms with E-state index in [2.05, 4.69) is 255 Å². The van der Waals surface area contributed by atoms with Gasteiger partial charge in [-0.15, -0.1) is 0 Å². The van der Waals surface area contributed by atoms with Crippen molar-refractivity contribution < 1.29 is 13.3 Å². The van der Waals surface area contributed by atoms with Crippen LogP contribution in [0.5, 0.6) is 0 Å². The predicted octanol–water partition coefficient (Wildman–Crippen LogP) is 19.0. The van der Waals surface area contributed by atoms with Gasteiger partial charge in [0.2, 0.25) is 6.71 Å². The molecule has 12 aromatic carbocycles. The Labute approximate surface area is 489 Å². The summed E-state index contributed by atoms with van der Waals surface area (Å²) in [7, 11) is 0. The fourth-order valence-corrected chi connectivity index (χ4v) is 15.4. The third-order valence-electron chi connectivity index (χ3n) is 18.9. The van der Waals surface area contributed by atoms with Gasteiger partial charge in [-0.2, -0.15) is 0 Å². The first kappa shape index (κ1) is 48.1. The summed E-state index contributed by atoms with van der Waals surface area (Å²) in [5.74, 6) is 0. The van der Waals surface area contributed by atoms with E-state index >= 15 is 0 Å². The van der Waals surface area contributed by atoms with Gasteiger partial charge in [0.05, 0.1) is 33.1 Å². The second-order valence-electron chi connectivity index (χ2n) is 23.9. The van der Waals surface area contributed by atoms with Crippen LogP contribution in [0.2, 0.25) is 0 Å². The molecule has 18 aromatic rings. The Morgan fingerprint density at radius 2 is 0.471 bits per heavy atom. The Hall–Kier alpha value is -10.5. The lowest BCUT2D eigenvalue weighted by Gasteiger charge is -2.28. The molecule has 0 aliphatic rings. The van der Waals surface area contributed by atoms with Gasteiger partial charge in [-0.3, -0.25) is 0 Å². The highest BCUT2D eigenvalue weighted by Crippen LogP contribution is 2.42. The van der Waals surface area contributed by atoms with Gasteiger partial charge in [0, 0.05) is 81.7 Å². The SMILES string of the molecule is Cc1cc(-n2c3ccccc3c3cc4oc5ccccc5c4cc32)cc(C)c1B(c1c(C)cc(-n2c3ccccc3c3cc4oc5ccccc5c4cc32)cc1C)c1c(C)cc(-n2c3ccccc3c3cc4oc5ccccc5c4cc32)cc1C. The maximum Gasteiger partial charge on any atom is 0.243 e. The molecule has 18 rings (SSSR count). The Bertz CT molecular complexity index is 5300. The molecular weight excluding hydrogens is 1040 g/mol. The van der Waals surface area contributed by atoms with Crippen molar-refractivity contribution >= 4 is 154 Å². The number of aromatic nitrogens is 3. The second kappa shape index (κ2) is 17.5. The van der Waals surface area contributed by atoms with Gasteiger partial charge in [0.25, 0.3) is 0 Å². The van der Waals surface area contributed by atoms with Gasteiger partial charge in [0.1, 0.15) is 33.5 Å². The topological polar surface area (TPSA) is 54.2 Å². The molecule has 0 amide bonds. The zero-order valence-corrected chi connectivity index (χ0v) is 47.9. The Morgan fingerprint density at radius 3 is 0.753 bits per heavy atom. The Kier molecular flexibility index (Phi) is 9.91. The third kappa shape index (κ3) is 6.78. The number of furan rings is 3. The Balaban J connectivity index is 0.864. The molecule has 0 spiro atoms. The largest absolute Gasteiger partial charge is 0.456 e. The molecule has 0 saturated carbocycles. The molecule has 0 saturated heterocycles. The fraction of sp³-hybridized carbons (Fsp3) is 0.0769. The first-order chi connectivity index (χ1) is 41.6. The third-order valence-corrected chi connectivity index (χ3v) is 18.9. The van der Waals surface area contributed by atoms with Crippen LogP contribution >= 0.6 is 0 Å². The number of fused-ring (bicyclic) bond motifs is 18. The van der Waals surface area contributed by atoms with Crippen molar-refractivity contribution in [3.05, 3.63) is 252 Å². The van der Waals surface area contributed by atoms with Crippen molar-refractivity contribution in [1.82, 2.24) is 13.7 Å². The van der Waals surface area contributed by atoms with Crippen molar-refractivity contribution in [1.29, 1.82) is 0 Å². The molecule has 0 fully saturated rings. The minimum Gasteiger partial charge on any atom is -0.456 e. The van der Waals surface area contributed by atoms with E-state index in [1.54, 1.807) is 0 Å². The minimum absolute atomic E-state index is 0.114. The minimum atomic E-state index is -0.114. The highest BCUT2D eigenvalue weighted by atomic mass is 16.3. The van der Waals surface area contributed by atoms with E-state index in [1.165, 1.54) is 98.6 Å². The van der Waals surface area contributed by atoms with Crippen LogP contribution in [-0.4, -0.2) is 20.4 Å². The number of nitrogens with zero attached hydrogens (tertiary/aromatic N) is 3. The summed E-state index contributed by atoms with van der Waals surface area (Å²) in [6.07, 6.45) is 0. The van der Waals surface area contributed by atoms with Gasteiger partial charge in [-0.1, -0.05) is 159 Å². The average molecular weight is 1090 g/mol. The predicted molar refractivity (Wildman–Crippen MR) is 357 cm³/mol. The lowest BCUT2D eigenvalue weighted by Crippen LogP contribution is -2.57. The van der Waals surface area contributed by atoms with E-state index < -0.39 is 0 Å². The Morgan fingerprint density at radius 1 is 0.224 bits per heavy atom. The number of hydrogen-bond donors (Lipinski definition) is 0. The summed E-state index contributed by atoms with van der Waals surface area (Å²) in [6.45, 7) is 13.9. The van der Waals surface area contributed by atoms with E-state index in [0.717, 1.165) is 99.4 Å². The summed E-state index contributed by atoms with van der Waals surface area (Å²) >= 11 is 0. The van der Waals surface area contributed by atoms with Gasteiger partial charge in [-0.25, -0.2) is 0 Å². The van der Waals surface area contributed by atoms with Crippen molar-refractivity contribution in [3.8, 4) is 17.1 Å². The molecule has 0 N–H and O–H groups in total. The molecule has 0 unspecified atom stereocenters. The van der Waals surface area contributed by atoms with Crippen molar-refractivity contribution in [2.24, 2.45) is 0 Å². The summed E-state index contributed by atoms with van der Waals surface area (Å²) in [6, 6.07) is 80.0. The molecule has 6 aromatic heterocycles. The molecule has 0 bridgehead atoms. The van der Waals surface area contributed by atoms with Crippen LogP contribution in [0.15, 0.2) is 232 Å². The molecule has 402 valence electrons.